The van der Waals surface area contributed by atoms with Crippen LogP contribution < -0.4 is 0 Å². The number of methoxy groups -OCH3 is 1. The van der Waals surface area contributed by atoms with E-state index in [2.05, 4.69) is 6.58 Å². The Bertz CT molecular complexity index is 70.9. The number of hydrogen-bond donors (Lipinski definition) is 1. The molecule has 0 saturated heterocycles. The molecule has 1 N–H and O–H groups in total. The molecule has 0 saturated carbocycles. The van der Waals surface area contributed by atoms with Gasteiger partial charge in [-0.2, -0.15) is 0 Å². The molecule has 0 spiro atoms. The van der Waals surface area contributed by atoms with E-state index in [1.54, 1.807) is 14.0 Å². The van der Waals surface area contributed by atoms with Gasteiger partial charge in [0, 0.05) is 7.11 Å². The van der Waals surface area contributed by atoms with Crippen molar-refractivity contribution in [3.8, 4) is 0 Å². The summed E-state index contributed by atoms with van der Waals surface area (Å²) in [6, 6.07) is 0. The third kappa shape index (κ3) is 2.09. The molecule has 0 rings (SSSR count). The molecule has 0 amide bonds. The van der Waals surface area contributed by atoms with Crippen molar-refractivity contribution >= 4 is 0 Å². The van der Waals surface area contributed by atoms with Crippen molar-refractivity contribution in [1.82, 2.24) is 0 Å². The summed E-state index contributed by atoms with van der Waals surface area (Å²) in [4.78, 5) is 0. The van der Waals surface area contributed by atoms with Gasteiger partial charge in [0.2, 0.25) is 0 Å². The molecule has 0 aromatic heterocycles. The summed E-state index contributed by atoms with van der Waals surface area (Å²) in [7, 11) is 1.55. The van der Waals surface area contributed by atoms with Gasteiger partial charge in [-0.15, -0.1) is 6.58 Å². The van der Waals surface area contributed by atoms with Gasteiger partial charge in [-0.25, -0.2) is 0 Å². The molecule has 48 valence electrons. The van der Waals surface area contributed by atoms with Gasteiger partial charge < -0.3 is 9.84 Å². The Morgan fingerprint density at radius 3 is 2.38 bits per heavy atom. The molecule has 2 unspecified atom stereocenters. The molecule has 0 aromatic carbocycles. The summed E-state index contributed by atoms with van der Waals surface area (Å²) >= 11 is 0. The van der Waals surface area contributed by atoms with Gasteiger partial charge in [0.1, 0.15) is 0 Å². The summed E-state index contributed by atoms with van der Waals surface area (Å²) in [5.41, 5.74) is 0. The van der Waals surface area contributed by atoms with Gasteiger partial charge in [0.15, 0.2) is 0 Å². The first-order chi connectivity index (χ1) is 3.72. The monoisotopic (exact) mass is 116 g/mol. The lowest BCUT2D eigenvalue weighted by molar-refractivity contribution is 0.0247. The van der Waals surface area contributed by atoms with E-state index in [0.29, 0.717) is 0 Å². The summed E-state index contributed by atoms with van der Waals surface area (Å²) in [6.45, 7) is 5.18. The molecule has 0 radical (unpaired) electrons. The lowest BCUT2D eigenvalue weighted by atomic mass is 10.2. The molecule has 0 bridgehead atoms. The van der Waals surface area contributed by atoms with E-state index in [-0.39, 0.29) is 6.10 Å². The third-order valence-corrected chi connectivity index (χ3v) is 1.09. The fourth-order valence-corrected chi connectivity index (χ4v) is 0.331. The molecule has 0 aromatic rings. The number of rotatable bonds is 3. The highest BCUT2D eigenvalue weighted by Crippen LogP contribution is 1.95. The van der Waals surface area contributed by atoms with Crippen LogP contribution >= 0.6 is 0 Å². The second-order valence-corrected chi connectivity index (χ2v) is 1.67. The number of aliphatic hydroxyl groups excluding tert-OH is 1. The van der Waals surface area contributed by atoms with Crippen LogP contribution in [-0.2, 0) is 4.74 Å². The van der Waals surface area contributed by atoms with Crippen molar-refractivity contribution in [2.75, 3.05) is 7.11 Å². The molecule has 0 fully saturated rings. The topological polar surface area (TPSA) is 29.5 Å². The zero-order valence-corrected chi connectivity index (χ0v) is 5.29. The zero-order chi connectivity index (χ0) is 6.57. The van der Waals surface area contributed by atoms with Crippen LogP contribution in [0.3, 0.4) is 0 Å². The van der Waals surface area contributed by atoms with Crippen LogP contribution in [0.25, 0.3) is 0 Å². The average molecular weight is 116 g/mol. The smallest absolute Gasteiger partial charge is 0.0977 e. The van der Waals surface area contributed by atoms with E-state index >= 15 is 0 Å². The molecule has 2 atom stereocenters. The second-order valence-electron chi connectivity index (χ2n) is 1.67. The lowest BCUT2D eigenvalue weighted by Crippen LogP contribution is -2.21. The molecule has 2 nitrogen and oxygen atoms in total. The largest absolute Gasteiger partial charge is 0.386 e. The van der Waals surface area contributed by atoms with Gasteiger partial charge in [0.05, 0.1) is 12.2 Å². The molecule has 0 heterocycles. The van der Waals surface area contributed by atoms with Gasteiger partial charge in [-0.3, -0.25) is 0 Å². The van der Waals surface area contributed by atoms with E-state index in [1.807, 2.05) is 0 Å². The summed E-state index contributed by atoms with van der Waals surface area (Å²) < 4.78 is 4.78. The van der Waals surface area contributed by atoms with Crippen LogP contribution in [0.2, 0.25) is 0 Å². The maximum Gasteiger partial charge on any atom is 0.0977 e. The van der Waals surface area contributed by atoms with Gasteiger partial charge in [-0.05, 0) is 6.92 Å². The van der Waals surface area contributed by atoms with E-state index in [1.165, 1.54) is 6.08 Å². The highest BCUT2D eigenvalue weighted by Gasteiger charge is 2.06. The quantitative estimate of drug-likeness (QED) is 0.546. The first kappa shape index (κ1) is 7.66. The molecule has 2 heteroatoms. The Morgan fingerprint density at radius 1 is 1.75 bits per heavy atom. The number of hydrogen-bond acceptors (Lipinski definition) is 2. The minimum Gasteiger partial charge on any atom is -0.386 e. The normalized spacial score (nSPS) is 17.4. The van der Waals surface area contributed by atoms with Gasteiger partial charge in [0.25, 0.3) is 0 Å². The summed E-state index contributed by atoms with van der Waals surface area (Å²) in [5, 5.41) is 8.88. The minimum absolute atomic E-state index is 0.146. The molecule has 0 aliphatic heterocycles. The Hall–Kier alpha value is -0.340. The Balaban J connectivity index is 3.44. The van der Waals surface area contributed by atoms with Crippen molar-refractivity contribution in [3.05, 3.63) is 12.7 Å². The first-order valence-electron chi connectivity index (χ1n) is 2.55. The van der Waals surface area contributed by atoms with Crippen LogP contribution in [0.15, 0.2) is 12.7 Å². The van der Waals surface area contributed by atoms with Crippen molar-refractivity contribution in [2.24, 2.45) is 0 Å². The third-order valence-electron chi connectivity index (χ3n) is 1.09. The molecule has 8 heavy (non-hydrogen) atoms. The van der Waals surface area contributed by atoms with E-state index in [4.69, 9.17) is 9.84 Å². The highest BCUT2D eigenvalue weighted by molar-refractivity contribution is 4.82. The van der Waals surface area contributed by atoms with Gasteiger partial charge in [-0.1, -0.05) is 6.08 Å². The Morgan fingerprint density at radius 2 is 2.25 bits per heavy atom. The summed E-state index contributed by atoms with van der Waals surface area (Å²) in [5.74, 6) is 0. The number of aliphatic hydroxyl groups is 1. The van der Waals surface area contributed by atoms with Crippen LogP contribution in [0.1, 0.15) is 6.92 Å². The predicted molar refractivity (Wildman–Crippen MR) is 32.7 cm³/mol. The van der Waals surface area contributed by atoms with E-state index in [0.717, 1.165) is 0 Å². The molecule has 0 aliphatic carbocycles. The molecule has 0 aliphatic rings. The standard InChI is InChI=1S/C6H12O2/c1-4-6(7)5(2)8-3/h4-7H,1H2,2-3H3. The molecular formula is C6H12O2. The Labute approximate surface area is 49.8 Å². The van der Waals surface area contributed by atoms with E-state index in [9.17, 15) is 0 Å². The SMILES string of the molecule is C=CC(O)C(C)OC. The fraction of sp³-hybridized carbons (Fsp3) is 0.667. The van der Waals surface area contributed by atoms with Crippen LogP contribution in [0.5, 0.6) is 0 Å². The maximum atomic E-state index is 8.88. The average Bonchev–Trinajstić information content (AvgIpc) is 1.84. The van der Waals surface area contributed by atoms with Crippen molar-refractivity contribution in [3.63, 3.8) is 0 Å². The molecular weight excluding hydrogens is 104 g/mol. The van der Waals surface area contributed by atoms with Gasteiger partial charge >= 0.3 is 0 Å². The van der Waals surface area contributed by atoms with Crippen molar-refractivity contribution in [1.29, 1.82) is 0 Å². The minimum atomic E-state index is -0.542. The fourth-order valence-electron chi connectivity index (χ4n) is 0.331. The predicted octanol–water partition coefficient (Wildman–Crippen LogP) is 0.568. The second kappa shape index (κ2) is 3.64. The summed E-state index contributed by atoms with van der Waals surface area (Å²) in [6.07, 6.45) is 0.765. The lowest BCUT2D eigenvalue weighted by Gasteiger charge is -2.11. The Kier molecular flexibility index (Phi) is 3.48. The number of ether oxygens (including phenoxy) is 1. The van der Waals surface area contributed by atoms with Crippen LogP contribution in [0, 0.1) is 0 Å². The highest BCUT2D eigenvalue weighted by atomic mass is 16.5. The van der Waals surface area contributed by atoms with Crippen LogP contribution in [-0.4, -0.2) is 24.4 Å². The maximum absolute atomic E-state index is 8.88. The van der Waals surface area contributed by atoms with Crippen LogP contribution in [0.4, 0.5) is 0 Å². The zero-order valence-electron chi connectivity index (χ0n) is 5.29. The first-order valence-corrected chi connectivity index (χ1v) is 2.55. The van der Waals surface area contributed by atoms with Crippen molar-refractivity contribution < 1.29 is 9.84 Å². The van der Waals surface area contributed by atoms with E-state index < -0.39 is 6.10 Å². The van der Waals surface area contributed by atoms with Crippen molar-refractivity contribution in [2.45, 2.75) is 19.1 Å².